The van der Waals surface area contributed by atoms with Crippen molar-refractivity contribution in [1.82, 2.24) is 0 Å². The van der Waals surface area contributed by atoms with E-state index in [0.717, 1.165) is 12.8 Å². The average molecular weight is 172 g/mol. The maximum absolute atomic E-state index is 10.7. The van der Waals surface area contributed by atoms with Crippen LogP contribution >= 0.6 is 0 Å². The van der Waals surface area contributed by atoms with Crippen LogP contribution in [0.4, 0.5) is 0 Å². The van der Waals surface area contributed by atoms with Gasteiger partial charge in [-0.3, -0.25) is 4.79 Å². The Kier molecular flexibility index (Phi) is 2.02. The molecule has 4 heteroatoms. The van der Waals surface area contributed by atoms with E-state index in [9.17, 15) is 4.79 Å². The van der Waals surface area contributed by atoms with Gasteiger partial charge in [0.1, 0.15) is 0 Å². The number of fused-ring (bicyclic) bond motifs is 2. The van der Waals surface area contributed by atoms with E-state index in [2.05, 4.69) is 0 Å². The first-order valence-corrected chi connectivity index (χ1v) is 4.20. The van der Waals surface area contributed by atoms with Crippen LogP contribution in [0.25, 0.3) is 0 Å². The Labute approximate surface area is 70.8 Å². The first-order valence-electron chi connectivity index (χ1n) is 4.20. The quantitative estimate of drug-likeness (QED) is 0.539. The van der Waals surface area contributed by atoms with Gasteiger partial charge in [-0.1, -0.05) is 0 Å². The van der Waals surface area contributed by atoms with Crippen LogP contribution in [0.3, 0.4) is 0 Å². The van der Waals surface area contributed by atoms with Crippen molar-refractivity contribution in [1.29, 1.82) is 0 Å². The summed E-state index contributed by atoms with van der Waals surface area (Å²) in [5, 5.41) is 0. The highest BCUT2D eigenvalue weighted by molar-refractivity contribution is 5.66. The summed E-state index contributed by atoms with van der Waals surface area (Å²) in [4.78, 5) is 10.7. The number of carbonyl (C=O) groups is 1. The van der Waals surface area contributed by atoms with E-state index in [-0.39, 0.29) is 24.5 Å². The van der Waals surface area contributed by atoms with Crippen molar-refractivity contribution in [3.63, 3.8) is 0 Å². The van der Waals surface area contributed by atoms with Crippen LogP contribution in [0.15, 0.2) is 0 Å². The molecule has 0 saturated carbocycles. The standard InChI is InChI=1S/C8H12O4/c1-5(9)11-7-3-2-6-4-10-8(7)12-6/h6-8H,2-4H2,1H3/t6-,7-,8-/m1/s1. The molecule has 68 valence electrons. The molecule has 0 aromatic heterocycles. The second-order valence-electron chi connectivity index (χ2n) is 3.19. The Morgan fingerprint density at radius 1 is 1.50 bits per heavy atom. The highest BCUT2D eigenvalue weighted by Gasteiger charge is 2.39. The molecule has 3 atom stereocenters. The molecule has 4 nitrogen and oxygen atoms in total. The third-order valence-corrected chi connectivity index (χ3v) is 2.17. The highest BCUT2D eigenvalue weighted by atomic mass is 16.7. The van der Waals surface area contributed by atoms with Crippen LogP contribution in [0.2, 0.25) is 0 Å². The van der Waals surface area contributed by atoms with Gasteiger partial charge in [0, 0.05) is 6.92 Å². The topological polar surface area (TPSA) is 44.8 Å². The molecule has 0 aliphatic carbocycles. The molecule has 12 heavy (non-hydrogen) atoms. The van der Waals surface area contributed by atoms with Gasteiger partial charge in [-0.05, 0) is 12.8 Å². The van der Waals surface area contributed by atoms with Gasteiger partial charge in [0.05, 0.1) is 12.7 Å². The maximum Gasteiger partial charge on any atom is 0.303 e. The molecule has 0 unspecified atom stereocenters. The summed E-state index contributed by atoms with van der Waals surface area (Å²) < 4.78 is 15.7. The molecule has 2 aliphatic rings. The van der Waals surface area contributed by atoms with Gasteiger partial charge in [-0.15, -0.1) is 0 Å². The first-order chi connectivity index (χ1) is 5.75. The van der Waals surface area contributed by atoms with Gasteiger partial charge in [0.2, 0.25) is 0 Å². The van der Waals surface area contributed by atoms with E-state index in [0.29, 0.717) is 6.61 Å². The van der Waals surface area contributed by atoms with Crippen LogP contribution in [-0.2, 0) is 19.0 Å². The first kappa shape index (κ1) is 8.01. The fourth-order valence-corrected chi connectivity index (χ4v) is 1.63. The van der Waals surface area contributed by atoms with Crippen LogP contribution in [-0.4, -0.2) is 31.1 Å². The zero-order valence-corrected chi connectivity index (χ0v) is 6.99. The monoisotopic (exact) mass is 172 g/mol. The fraction of sp³-hybridized carbons (Fsp3) is 0.875. The van der Waals surface area contributed by atoms with E-state index >= 15 is 0 Å². The number of carbonyl (C=O) groups excluding carboxylic acids is 1. The Morgan fingerprint density at radius 3 is 3.08 bits per heavy atom. The number of hydrogen-bond acceptors (Lipinski definition) is 4. The molecular weight excluding hydrogens is 160 g/mol. The maximum atomic E-state index is 10.7. The Balaban J connectivity index is 1.93. The summed E-state index contributed by atoms with van der Waals surface area (Å²) in [6, 6.07) is 0. The largest absolute Gasteiger partial charge is 0.457 e. The lowest BCUT2D eigenvalue weighted by molar-refractivity contribution is -0.186. The summed E-state index contributed by atoms with van der Waals surface area (Å²) in [7, 11) is 0. The Morgan fingerprint density at radius 2 is 2.33 bits per heavy atom. The molecule has 2 aliphatic heterocycles. The summed E-state index contributed by atoms with van der Waals surface area (Å²) in [6.45, 7) is 2.05. The molecule has 0 N–H and O–H groups in total. The minimum atomic E-state index is -0.312. The molecule has 2 heterocycles. The number of hydrogen-bond donors (Lipinski definition) is 0. The smallest absolute Gasteiger partial charge is 0.303 e. The van der Waals surface area contributed by atoms with Gasteiger partial charge in [0.25, 0.3) is 0 Å². The normalized spacial score (nSPS) is 39.6. The second-order valence-corrected chi connectivity index (χ2v) is 3.19. The molecule has 0 aromatic carbocycles. The minimum absolute atomic E-state index is 0.193. The molecule has 2 fully saturated rings. The molecular formula is C8H12O4. The van der Waals surface area contributed by atoms with E-state index in [1.165, 1.54) is 6.92 Å². The van der Waals surface area contributed by atoms with Crippen LogP contribution in [0.5, 0.6) is 0 Å². The van der Waals surface area contributed by atoms with Gasteiger partial charge >= 0.3 is 5.97 Å². The molecule has 0 amide bonds. The van der Waals surface area contributed by atoms with E-state index in [1.807, 2.05) is 0 Å². The van der Waals surface area contributed by atoms with Crippen molar-refractivity contribution in [3.8, 4) is 0 Å². The minimum Gasteiger partial charge on any atom is -0.457 e. The molecule has 0 aromatic rings. The summed E-state index contributed by atoms with van der Waals surface area (Å²) in [6.07, 6.45) is 1.50. The lowest BCUT2D eigenvalue weighted by Gasteiger charge is -2.26. The lowest BCUT2D eigenvalue weighted by atomic mass is 10.1. The summed E-state index contributed by atoms with van der Waals surface area (Å²) in [5.41, 5.74) is 0. The fourth-order valence-electron chi connectivity index (χ4n) is 1.63. The molecule has 2 saturated heterocycles. The summed E-state index contributed by atoms with van der Waals surface area (Å²) in [5.74, 6) is -0.266. The number of esters is 1. The van der Waals surface area contributed by atoms with Gasteiger partial charge < -0.3 is 14.2 Å². The predicted molar refractivity (Wildman–Crippen MR) is 39.4 cm³/mol. The molecule has 2 bridgehead atoms. The Bertz CT molecular complexity index is 191. The zero-order valence-electron chi connectivity index (χ0n) is 6.99. The van der Waals surface area contributed by atoms with Crippen molar-refractivity contribution in [2.45, 2.75) is 38.3 Å². The van der Waals surface area contributed by atoms with E-state index in [1.54, 1.807) is 0 Å². The van der Waals surface area contributed by atoms with Crippen LogP contribution in [0.1, 0.15) is 19.8 Å². The number of ether oxygens (including phenoxy) is 3. The third-order valence-electron chi connectivity index (χ3n) is 2.17. The SMILES string of the molecule is CC(=O)O[C@@H]1CC[C@@H]2CO[C@@H]1O2. The third kappa shape index (κ3) is 1.44. The van der Waals surface area contributed by atoms with Crippen molar-refractivity contribution >= 4 is 5.97 Å². The molecule has 0 spiro atoms. The second kappa shape index (κ2) is 3.03. The Hall–Kier alpha value is -0.610. The van der Waals surface area contributed by atoms with Gasteiger partial charge in [-0.25, -0.2) is 0 Å². The predicted octanol–water partition coefficient (Wildman–Crippen LogP) is 0.453. The zero-order chi connectivity index (χ0) is 8.55. The van der Waals surface area contributed by atoms with E-state index in [4.69, 9.17) is 14.2 Å². The van der Waals surface area contributed by atoms with Crippen molar-refractivity contribution in [2.24, 2.45) is 0 Å². The number of rotatable bonds is 1. The van der Waals surface area contributed by atoms with Crippen LogP contribution in [0, 0.1) is 0 Å². The van der Waals surface area contributed by atoms with Gasteiger partial charge in [-0.2, -0.15) is 0 Å². The van der Waals surface area contributed by atoms with Crippen molar-refractivity contribution in [3.05, 3.63) is 0 Å². The van der Waals surface area contributed by atoms with Crippen molar-refractivity contribution < 1.29 is 19.0 Å². The van der Waals surface area contributed by atoms with Gasteiger partial charge in [0.15, 0.2) is 12.4 Å². The molecule has 0 radical (unpaired) electrons. The summed E-state index contributed by atoms with van der Waals surface area (Å²) >= 11 is 0. The van der Waals surface area contributed by atoms with E-state index < -0.39 is 0 Å². The molecule has 2 rings (SSSR count). The van der Waals surface area contributed by atoms with Crippen LogP contribution < -0.4 is 0 Å². The average Bonchev–Trinajstić information content (AvgIpc) is 2.39. The van der Waals surface area contributed by atoms with Crippen molar-refractivity contribution in [2.75, 3.05) is 6.61 Å². The highest BCUT2D eigenvalue weighted by Crippen LogP contribution is 2.28. The lowest BCUT2D eigenvalue weighted by Crippen LogP contribution is -2.36.